The molecule has 0 saturated carbocycles. The maximum atomic E-state index is 12.1. The summed E-state index contributed by atoms with van der Waals surface area (Å²) in [6.07, 6.45) is 1.75. The van der Waals surface area contributed by atoms with Gasteiger partial charge in [0.2, 0.25) is 11.8 Å². The number of aryl methyl sites for hydroxylation is 1. The summed E-state index contributed by atoms with van der Waals surface area (Å²) in [4.78, 5) is 25.7. The number of rotatable bonds is 2. The monoisotopic (exact) mass is 265 g/mol. The summed E-state index contributed by atoms with van der Waals surface area (Å²) in [6.45, 7) is 6.19. The van der Waals surface area contributed by atoms with Crippen molar-refractivity contribution in [2.45, 2.75) is 33.4 Å². The zero-order chi connectivity index (χ0) is 14.2. The highest BCUT2D eigenvalue weighted by atomic mass is 16.2. The van der Waals surface area contributed by atoms with Crippen LogP contribution in [0.2, 0.25) is 0 Å². The normalized spacial score (nSPS) is 20.6. The van der Waals surface area contributed by atoms with Gasteiger partial charge in [-0.25, -0.2) is 0 Å². The van der Waals surface area contributed by atoms with Gasteiger partial charge in [0.15, 0.2) is 0 Å². The number of nitrogens with zero attached hydrogens (tertiary/aromatic N) is 4. The Hall–Kier alpha value is -1.92. The fourth-order valence-corrected chi connectivity index (χ4v) is 2.33. The Labute approximate surface area is 112 Å². The summed E-state index contributed by atoms with van der Waals surface area (Å²) >= 11 is 0. The van der Waals surface area contributed by atoms with Gasteiger partial charge in [-0.15, -0.1) is 5.10 Å². The molecule has 19 heavy (non-hydrogen) atoms. The van der Waals surface area contributed by atoms with Gasteiger partial charge in [0.25, 0.3) is 0 Å². The van der Waals surface area contributed by atoms with Gasteiger partial charge in [0, 0.05) is 13.2 Å². The second-order valence-corrected chi connectivity index (χ2v) is 5.89. The number of aromatic nitrogens is 3. The number of hydrogen-bond donors (Lipinski definition) is 1. The lowest BCUT2D eigenvalue weighted by molar-refractivity contribution is -0.150. The summed E-state index contributed by atoms with van der Waals surface area (Å²) in [5, 5.41) is 10.5. The Morgan fingerprint density at radius 1 is 1.42 bits per heavy atom. The van der Waals surface area contributed by atoms with Gasteiger partial charge in [-0.2, -0.15) is 0 Å². The third-order valence-corrected chi connectivity index (χ3v) is 3.10. The lowest BCUT2D eigenvalue weighted by Crippen LogP contribution is -2.62. The van der Waals surface area contributed by atoms with E-state index in [0.29, 0.717) is 12.2 Å². The maximum Gasteiger partial charge on any atom is 0.243 e. The molecule has 1 unspecified atom stereocenters. The molecule has 1 atom stereocenters. The van der Waals surface area contributed by atoms with Gasteiger partial charge in [0.1, 0.15) is 11.7 Å². The first kappa shape index (κ1) is 13.5. The van der Waals surface area contributed by atoms with E-state index in [1.807, 2.05) is 20.8 Å². The van der Waals surface area contributed by atoms with Gasteiger partial charge >= 0.3 is 0 Å². The number of carbonyl (C=O) groups excluding carboxylic acids is 2. The lowest BCUT2D eigenvalue weighted by atomic mass is 9.84. The Morgan fingerprint density at radius 3 is 2.63 bits per heavy atom. The quantitative estimate of drug-likeness (QED) is 0.795. The molecule has 0 aliphatic carbocycles. The molecule has 1 aromatic rings. The highest BCUT2D eigenvalue weighted by molar-refractivity contribution is 5.95. The fraction of sp³-hybridized carbons (Fsp3) is 0.667. The molecule has 1 aromatic heterocycles. The molecule has 7 nitrogen and oxygen atoms in total. The van der Waals surface area contributed by atoms with Crippen LogP contribution in [0.1, 0.15) is 26.5 Å². The van der Waals surface area contributed by atoms with Gasteiger partial charge in [-0.05, 0) is 5.41 Å². The third-order valence-electron chi connectivity index (χ3n) is 3.10. The van der Waals surface area contributed by atoms with Gasteiger partial charge in [0.05, 0.1) is 13.1 Å². The van der Waals surface area contributed by atoms with Crippen LogP contribution in [0.3, 0.4) is 0 Å². The molecule has 1 aliphatic rings. The third kappa shape index (κ3) is 2.74. The van der Waals surface area contributed by atoms with Crippen molar-refractivity contribution < 1.29 is 9.59 Å². The highest BCUT2D eigenvalue weighted by Gasteiger charge is 2.42. The smallest absolute Gasteiger partial charge is 0.243 e. The second-order valence-electron chi connectivity index (χ2n) is 5.89. The topological polar surface area (TPSA) is 80.1 Å². The van der Waals surface area contributed by atoms with E-state index < -0.39 is 6.04 Å². The predicted octanol–water partition coefficient (Wildman–Crippen LogP) is -0.312. The van der Waals surface area contributed by atoms with E-state index in [2.05, 4.69) is 15.6 Å². The van der Waals surface area contributed by atoms with Crippen molar-refractivity contribution >= 4 is 11.8 Å². The molecule has 2 amide bonds. The minimum absolute atomic E-state index is 0.0473. The lowest BCUT2D eigenvalue weighted by Gasteiger charge is -2.41. The number of carbonyl (C=O) groups is 2. The van der Waals surface area contributed by atoms with Gasteiger partial charge < -0.3 is 10.2 Å². The molecular weight excluding hydrogens is 246 g/mol. The standard InChI is InChI=1S/C12H19N5O2/c1-12(2,3)10-11(19)13-5-9(18)17(10)7-8-6-16(4)15-14-8/h6,10H,5,7H2,1-4H3,(H,13,19). The SMILES string of the molecule is Cn1cc(CN2C(=O)CNC(=O)C2C(C)(C)C)nn1. The zero-order valence-corrected chi connectivity index (χ0v) is 11.7. The van der Waals surface area contributed by atoms with E-state index in [0.717, 1.165) is 0 Å². The van der Waals surface area contributed by atoms with Crippen molar-refractivity contribution in [3.63, 3.8) is 0 Å². The van der Waals surface area contributed by atoms with Crippen LogP contribution in [0.4, 0.5) is 0 Å². The number of nitrogens with one attached hydrogen (secondary N) is 1. The van der Waals surface area contributed by atoms with Gasteiger partial charge in [-0.3, -0.25) is 14.3 Å². The molecule has 104 valence electrons. The molecule has 0 spiro atoms. The van der Waals surface area contributed by atoms with E-state index in [1.165, 1.54) is 0 Å². The Morgan fingerprint density at radius 2 is 2.11 bits per heavy atom. The van der Waals surface area contributed by atoms with Crippen molar-refractivity contribution in [2.75, 3.05) is 6.54 Å². The molecule has 0 radical (unpaired) electrons. The first-order valence-electron chi connectivity index (χ1n) is 6.21. The average molecular weight is 265 g/mol. The van der Waals surface area contributed by atoms with E-state index in [4.69, 9.17) is 0 Å². The van der Waals surface area contributed by atoms with Crippen LogP contribution in [-0.2, 0) is 23.2 Å². The van der Waals surface area contributed by atoms with Crippen molar-refractivity contribution in [2.24, 2.45) is 12.5 Å². The predicted molar refractivity (Wildman–Crippen MR) is 67.8 cm³/mol. The minimum atomic E-state index is -0.490. The maximum absolute atomic E-state index is 12.1. The summed E-state index contributed by atoms with van der Waals surface area (Å²) in [5.41, 5.74) is 0.349. The van der Waals surface area contributed by atoms with Crippen LogP contribution in [0.15, 0.2) is 6.20 Å². The Bertz CT molecular complexity index is 502. The Kier molecular flexibility index (Phi) is 3.30. The summed E-state index contributed by atoms with van der Waals surface area (Å²) in [5.74, 6) is -0.207. The fourth-order valence-electron chi connectivity index (χ4n) is 2.33. The molecule has 2 rings (SSSR count). The summed E-state index contributed by atoms with van der Waals surface area (Å²) in [7, 11) is 1.77. The summed E-state index contributed by atoms with van der Waals surface area (Å²) < 4.78 is 1.58. The summed E-state index contributed by atoms with van der Waals surface area (Å²) in [6, 6.07) is -0.490. The molecule has 7 heteroatoms. The molecule has 0 aromatic carbocycles. The number of amides is 2. The number of hydrogen-bond acceptors (Lipinski definition) is 4. The van der Waals surface area contributed by atoms with Crippen molar-refractivity contribution in [3.05, 3.63) is 11.9 Å². The van der Waals surface area contributed by atoms with Crippen molar-refractivity contribution in [1.82, 2.24) is 25.2 Å². The molecular formula is C12H19N5O2. The van der Waals surface area contributed by atoms with E-state index >= 15 is 0 Å². The van der Waals surface area contributed by atoms with Crippen molar-refractivity contribution in [3.8, 4) is 0 Å². The van der Waals surface area contributed by atoms with Crippen LogP contribution in [0, 0.1) is 5.41 Å². The van der Waals surface area contributed by atoms with Crippen LogP contribution >= 0.6 is 0 Å². The largest absolute Gasteiger partial charge is 0.345 e. The molecule has 2 heterocycles. The van der Waals surface area contributed by atoms with Crippen LogP contribution in [0.5, 0.6) is 0 Å². The molecule has 1 N–H and O–H groups in total. The molecule has 1 saturated heterocycles. The highest BCUT2D eigenvalue weighted by Crippen LogP contribution is 2.27. The van der Waals surface area contributed by atoms with Crippen molar-refractivity contribution in [1.29, 1.82) is 0 Å². The van der Waals surface area contributed by atoms with E-state index in [9.17, 15) is 9.59 Å². The zero-order valence-electron chi connectivity index (χ0n) is 11.7. The first-order chi connectivity index (χ1) is 8.79. The van der Waals surface area contributed by atoms with E-state index in [1.54, 1.807) is 22.8 Å². The van der Waals surface area contributed by atoms with Crippen LogP contribution < -0.4 is 5.32 Å². The average Bonchev–Trinajstić information content (AvgIpc) is 2.68. The van der Waals surface area contributed by atoms with E-state index in [-0.39, 0.29) is 23.8 Å². The van der Waals surface area contributed by atoms with Gasteiger partial charge in [-0.1, -0.05) is 26.0 Å². The number of piperazine rings is 1. The first-order valence-corrected chi connectivity index (χ1v) is 6.21. The van der Waals surface area contributed by atoms with Crippen LogP contribution in [0.25, 0.3) is 0 Å². The molecule has 0 bridgehead atoms. The minimum Gasteiger partial charge on any atom is -0.345 e. The van der Waals surface area contributed by atoms with Crippen LogP contribution in [-0.4, -0.2) is 44.3 Å². The Balaban J connectivity index is 2.27. The second kappa shape index (κ2) is 4.64. The molecule has 1 aliphatic heterocycles. The molecule has 1 fully saturated rings.